The minimum Gasteiger partial charge on any atom is -0.362 e. The van der Waals surface area contributed by atoms with Gasteiger partial charge in [-0.2, -0.15) is 18.2 Å². The Bertz CT molecular complexity index is 1080. The fourth-order valence-corrected chi connectivity index (χ4v) is 4.89. The molecule has 184 valence electrons. The first-order valence-electron chi connectivity index (χ1n) is 11.1. The van der Waals surface area contributed by atoms with E-state index in [4.69, 9.17) is 4.98 Å². The molecule has 0 spiro atoms. The van der Waals surface area contributed by atoms with Crippen molar-refractivity contribution in [3.05, 3.63) is 54.1 Å². The molecule has 0 aliphatic heterocycles. The van der Waals surface area contributed by atoms with Gasteiger partial charge in [-0.1, -0.05) is 37.8 Å². The van der Waals surface area contributed by atoms with Gasteiger partial charge in [-0.25, -0.2) is 4.98 Å². The van der Waals surface area contributed by atoms with Gasteiger partial charge in [-0.3, -0.25) is 0 Å². The second-order valence-corrected chi connectivity index (χ2v) is 9.62. The molecule has 2 N–H and O–H groups in total. The molecule has 1 heterocycles. The van der Waals surface area contributed by atoms with Gasteiger partial charge < -0.3 is 15.5 Å². The number of fused-ring (bicyclic) bond motifs is 1. The fourth-order valence-electron chi connectivity index (χ4n) is 4.22. The zero-order valence-corrected chi connectivity index (χ0v) is 19.5. The van der Waals surface area contributed by atoms with Crippen LogP contribution < -0.4 is 15.5 Å². The van der Waals surface area contributed by atoms with Gasteiger partial charge in [0.15, 0.2) is 0 Å². The molecule has 5 nitrogen and oxygen atoms in total. The van der Waals surface area contributed by atoms with Gasteiger partial charge in [0.25, 0.3) is 0 Å². The summed E-state index contributed by atoms with van der Waals surface area (Å²) in [7, 11) is 3.95. The van der Waals surface area contributed by atoms with Crippen LogP contribution in [0.2, 0.25) is 0 Å². The van der Waals surface area contributed by atoms with E-state index in [1.54, 1.807) is 18.2 Å². The van der Waals surface area contributed by atoms with E-state index in [-0.39, 0.29) is 36.2 Å². The number of benzene rings is 2. The monoisotopic (exact) mass is 491 g/mol. The van der Waals surface area contributed by atoms with E-state index in [9.17, 15) is 13.2 Å². The third-order valence-corrected chi connectivity index (χ3v) is 6.70. The summed E-state index contributed by atoms with van der Waals surface area (Å²) in [6.07, 6.45) is 3.79. The quantitative estimate of drug-likeness (QED) is 0.370. The largest absolute Gasteiger partial charge is 0.446 e. The lowest BCUT2D eigenvalue weighted by molar-refractivity contribution is -0.0328. The number of halogens is 3. The lowest BCUT2D eigenvalue weighted by atomic mass is 9.91. The number of nitrogens with zero attached hydrogens (tertiary/aromatic N) is 3. The van der Waals surface area contributed by atoms with Gasteiger partial charge in [-0.15, -0.1) is 0 Å². The van der Waals surface area contributed by atoms with Crippen molar-refractivity contribution < 1.29 is 13.2 Å². The van der Waals surface area contributed by atoms with Crippen molar-refractivity contribution in [3.8, 4) is 0 Å². The Kier molecular flexibility index (Phi) is 8.65. The molecule has 1 fully saturated rings. The Labute approximate surface area is 203 Å². The molecular weight excluding hydrogens is 459 g/mol. The fraction of sp³-hybridized carbons (Fsp3) is 0.440. The smallest absolute Gasteiger partial charge is 0.362 e. The average molecular weight is 492 g/mol. The lowest BCUT2D eigenvalue weighted by Gasteiger charge is -2.30. The van der Waals surface area contributed by atoms with Gasteiger partial charge in [0.1, 0.15) is 5.82 Å². The highest BCUT2D eigenvalue weighted by atomic mass is 32.2. The minimum atomic E-state index is -4.28. The molecule has 0 saturated heterocycles. The van der Waals surface area contributed by atoms with Crippen LogP contribution in [0.15, 0.2) is 53.4 Å². The van der Waals surface area contributed by atoms with Gasteiger partial charge >= 0.3 is 5.51 Å². The number of hydrogen-bond acceptors (Lipinski definition) is 6. The Balaban J connectivity index is 0.00000324. The zero-order valence-electron chi connectivity index (χ0n) is 18.7. The maximum Gasteiger partial charge on any atom is 0.446 e. The first kappa shape index (κ1) is 26.1. The normalized spacial score (nSPS) is 18.4. The first-order chi connectivity index (χ1) is 15.8. The van der Waals surface area contributed by atoms with Crippen LogP contribution >= 0.6 is 11.8 Å². The van der Waals surface area contributed by atoms with Crippen LogP contribution in [0.25, 0.3) is 10.9 Å². The van der Waals surface area contributed by atoms with E-state index < -0.39 is 5.51 Å². The van der Waals surface area contributed by atoms with Crippen LogP contribution in [0.5, 0.6) is 0 Å². The number of nitrogens with one attached hydrogen (secondary N) is 2. The van der Waals surface area contributed by atoms with E-state index in [2.05, 4.69) is 15.6 Å². The molecule has 1 aliphatic rings. The number of anilines is 2. The van der Waals surface area contributed by atoms with Gasteiger partial charge in [0.2, 0.25) is 5.95 Å². The summed E-state index contributed by atoms with van der Waals surface area (Å²) in [4.78, 5) is 11.7. The van der Waals surface area contributed by atoms with Crippen molar-refractivity contribution in [1.82, 2.24) is 15.3 Å². The number of aromatic nitrogens is 2. The predicted octanol–water partition coefficient (Wildman–Crippen LogP) is 6.46. The van der Waals surface area contributed by atoms with E-state index >= 15 is 0 Å². The second-order valence-electron chi connectivity index (χ2n) is 8.51. The Morgan fingerprint density at radius 1 is 0.941 bits per heavy atom. The number of hydrogen-bond donors (Lipinski definition) is 2. The summed E-state index contributed by atoms with van der Waals surface area (Å²) < 4.78 is 38.4. The van der Waals surface area contributed by atoms with Crippen molar-refractivity contribution >= 4 is 34.4 Å². The summed E-state index contributed by atoms with van der Waals surface area (Å²) in [6.45, 7) is 0.433. The van der Waals surface area contributed by atoms with Crippen LogP contribution in [-0.2, 0) is 6.54 Å². The molecule has 0 bridgehead atoms. The third kappa shape index (κ3) is 6.76. The number of thioether (sulfide) groups is 1. The van der Waals surface area contributed by atoms with Crippen molar-refractivity contribution in [2.75, 3.05) is 24.3 Å². The molecule has 3 aromatic rings. The predicted molar refractivity (Wildman–Crippen MR) is 135 cm³/mol. The number of para-hydroxylation sites is 1. The Morgan fingerprint density at radius 3 is 2.29 bits per heavy atom. The van der Waals surface area contributed by atoms with E-state index in [1.165, 1.54) is 6.07 Å². The maximum atomic E-state index is 12.8. The standard InChI is InChI=1S/C24H28F3N5S.CH4/c1-32(2)22-19-8-4-5-9-20(19)30-23(31-22)29-18-13-11-17(12-14-18)28-15-16-7-3-6-10-21(16)33-24(25,26)27;/h3-10,17-18,28H,11-15H2,1-2H3,(H,29,30,31);1H4. The number of rotatable bonds is 7. The molecule has 34 heavy (non-hydrogen) atoms. The highest BCUT2D eigenvalue weighted by molar-refractivity contribution is 8.00. The Morgan fingerprint density at radius 2 is 1.59 bits per heavy atom. The number of alkyl halides is 3. The maximum absolute atomic E-state index is 12.8. The molecule has 9 heteroatoms. The van der Waals surface area contributed by atoms with Gasteiger partial charge in [0, 0.05) is 43.0 Å². The SMILES string of the molecule is C.CN(C)c1nc(NC2CCC(NCc3ccccc3SC(F)(F)F)CC2)nc2ccccc12. The van der Waals surface area contributed by atoms with Crippen LogP contribution in [0.4, 0.5) is 24.9 Å². The van der Waals surface area contributed by atoms with Crippen LogP contribution in [-0.4, -0.2) is 41.7 Å². The van der Waals surface area contributed by atoms with Gasteiger partial charge in [0.05, 0.1) is 5.52 Å². The molecule has 4 rings (SSSR count). The summed E-state index contributed by atoms with van der Waals surface area (Å²) in [6, 6.07) is 15.2. The summed E-state index contributed by atoms with van der Waals surface area (Å²) in [5, 5.41) is 7.96. The van der Waals surface area contributed by atoms with Gasteiger partial charge in [-0.05, 0) is 61.2 Å². The van der Waals surface area contributed by atoms with Crippen molar-refractivity contribution in [2.24, 2.45) is 0 Å². The second kappa shape index (κ2) is 11.3. The summed E-state index contributed by atoms with van der Waals surface area (Å²) >= 11 is -0.0480. The molecule has 0 radical (unpaired) electrons. The highest BCUT2D eigenvalue weighted by Crippen LogP contribution is 2.38. The topological polar surface area (TPSA) is 53.1 Å². The van der Waals surface area contributed by atoms with E-state index in [0.717, 1.165) is 42.4 Å². The first-order valence-corrected chi connectivity index (χ1v) is 11.9. The molecular formula is C25H32F3N5S. The summed E-state index contributed by atoms with van der Waals surface area (Å²) in [5.74, 6) is 1.51. The van der Waals surface area contributed by atoms with E-state index in [0.29, 0.717) is 18.1 Å². The van der Waals surface area contributed by atoms with Crippen molar-refractivity contribution in [2.45, 2.75) is 62.1 Å². The third-order valence-electron chi connectivity index (χ3n) is 5.85. The van der Waals surface area contributed by atoms with E-state index in [1.807, 2.05) is 43.3 Å². The van der Waals surface area contributed by atoms with Crippen molar-refractivity contribution in [3.63, 3.8) is 0 Å². The highest BCUT2D eigenvalue weighted by Gasteiger charge is 2.30. The lowest BCUT2D eigenvalue weighted by Crippen LogP contribution is -2.37. The molecule has 2 aromatic carbocycles. The molecule has 1 aromatic heterocycles. The molecule has 0 atom stereocenters. The Hall–Kier alpha value is -2.52. The minimum absolute atomic E-state index is 0. The summed E-state index contributed by atoms with van der Waals surface area (Å²) in [5.41, 5.74) is -2.69. The molecule has 0 unspecified atom stereocenters. The zero-order chi connectivity index (χ0) is 23.4. The molecule has 1 saturated carbocycles. The van der Waals surface area contributed by atoms with Crippen molar-refractivity contribution in [1.29, 1.82) is 0 Å². The van der Waals surface area contributed by atoms with Crippen LogP contribution in [0.3, 0.4) is 0 Å². The van der Waals surface area contributed by atoms with Crippen LogP contribution in [0, 0.1) is 0 Å². The van der Waals surface area contributed by atoms with Crippen LogP contribution in [0.1, 0.15) is 38.7 Å². The molecule has 1 aliphatic carbocycles. The average Bonchev–Trinajstić information content (AvgIpc) is 2.78. The molecule has 0 amide bonds.